The lowest BCUT2D eigenvalue weighted by atomic mass is 9.58. The van der Waals surface area contributed by atoms with Gasteiger partial charge in [0.05, 0.1) is 22.3 Å². The molecule has 0 spiro atoms. The molecule has 4 saturated carbocycles. The number of halogens is 4. The van der Waals surface area contributed by atoms with Crippen molar-refractivity contribution in [3.05, 3.63) is 57.5 Å². The van der Waals surface area contributed by atoms with Crippen LogP contribution in [0.4, 0.5) is 8.78 Å². The van der Waals surface area contributed by atoms with Gasteiger partial charge < -0.3 is 9.26 Å². The molecule has 3 aromatic rings. The third-order valence-corrected chi connectivity index (χ3v) is 8.83. The van der Waals surface area contributed by atoms with Crippen LogP contribution in [0.15, 0.2) is 35.0 Å². The number of hydrogen-bond acceptors (Lipinski definition) is 4. The van der Waals surface area contributed by atoms with Crippen LogP contribution >= 0.6 is 23.2 Å². The molecule has 0 unspecified atom stereocenters. The minimum atomic E-state index is -2.53. The van der Waals surface area contributed by atoms with Gasteiger partial charge in [0, 0.05) is 29.8 Å². The summed E-state index contributed by atoms with van der Waals surface area (Å²) in [6.07, 6.45) is 7.16. The van der Waals surface area contributed by atoms with Gasteiger partial charge in [0.15, 0.2) is 0 Å². The van der Waals surface area contributed by atoms with Crippen molar-refractivity contribution in [1.82, 2.24) is 14.9 Å². The minimum Gasteiger partial charge on any atom is -0.370 e. The highest BCUT2D eigenvalue weighted by atomic mass is 35.5. The number of aromatic nitrogens is 3. The molecular formula is C26H27Cl2F2N3O2. The van der Waals surface area contributed by atoms with Crippen LogP contribution in [0.1, 0.15) is 80.7 Å². The molecule has 4 aliphatic carbocycles. The van der Waals surface area contributed by atoms with Crippen LogP contribution < -0.4 is 0 Å². The molecule has 0 saturated heterocycles. The lowest BCUT2D eigenvalue weighted by molar-refractivity contribution is -0.147. The van der Waals surface area contributed by atoms with E-state index < -0.39 is 6.43 Å². The Morgan fingerprint density at radius 3 is 2.34 bits per heavy atom. The van der Waals surface area contributed by atoms with Gasteiger partial charge in [0.2, 0.25) is 0 Å². The van der Waals surface area contributed by atoms with E-state index in [4.69, 9.17) is 32.5 Å². The minimum absolute atomic E-state index is 0.100. The van der Waals surface area contributed by atoms with E-state index >= 15 is 0 Å². The van der Waals surface area contributed by atoms with Gasteiger partial charge in [-0.2, -0.15) is 5.10 Å². The van der Waals surface area contributed by atoms with E-state index in [1.807, 2.05) is 18.2 Å². The van der Waals surface area contributed by atoms with Gasteiger partial charge in [-0.1, -0.05) is 34.4 Å². The van der Waals surface area contributed by atoms with Crippen LogP contribution in [0.3, 0.4) is 0 Å². The van der Waals surface area contributed by atoms with Crippen molar-refractivity contribution in [3.8, 4) is 11.3 Å². The van der Waals surface area contributed by atoms with Crippen molar-refractivity contribution in [2.45, 2.75) is 82.5 Å². The van der Waals surface area contributed by atoms with Crippen molar-refractivity contribution >= 4 is 23.2 Å². The normalized spacial score (nSPS) is 26.1. The Bertz CT molecular complexity index is 1190. The summed E-state index contributed by atoms with van der Waals surface area (Å²) in [6, 6.07) is 6.85. The molecule has 0 amide bonds. The van der Waals surface area contributed by atoms with Gasteiger partial charge in [-0.05, 0) is 75.0 Å². The van der Waals surface area contributed by atoms with E-state index in [1.165, 1.54) is 6.07 Å². The molecule has 4 aliphatic rings. The maximum absolute atomic E-state index is 12.9. The highest BCUT2D eigenvalue weighted by Crippen LogP contribution is 2.55. The average molecular weight is 522 g/mol. The predicted octanol–water partition coefficient (Wildman–Crippen LogP) is 7.97. The lowest BCUT2D eigenvalue weighted by Crippen LogP contribution is -2.49. The van der Waals surface area contributed by atoms with Crippen molar-refractivity contribution in [2.24, 2.45) is 5.41 Å². The molecule has 7 rings (SSSR count). The zero-order valence-corrected chi connectivity index (χ0v) is 20.8. The van der Waals surface area contributed by atoms with Crippen molar-refractivity contribution in [2.75, 3.05) is 0 Å². The van der Waals surface area contributed by atoms with Crippen LogP contribution in [0.25, 0.3) is 11.3 Å². The summed E-state index contributed by atoms with van der Waals surface area (Å²) in [7, 11) is 0. The first-order chi connectivity index (χ1) is 16.9. The molecule has 4 fully saturated rings. The first-order valence-corrected chi connectivity index (χ1v) is 13.0. The number of nitrogens with zero attached hydrogens (tertiary/aromatic N) is 3. The molecule has 0 atom stereocenters. The largest absolute Gasteiger partial charge is 0.370 e. The molecule has 9 heteroatoms. The predicted molar refractivity (Wildman–Crippen MR) is 129 cm³/mol. The maximum atomic E-state index is 12.9. The molecule has 2 bridgehead atoms. The van der Waals surface area contributed by atoms with E-state index in [0.717, 1.165) is 62.7 Å². The summed E-state index contributed by atoms with van der Waals surface area (Å²) in [6.45, 7) is 1.10. The third kappa shape index (κ3) is 4.40. The second kappa shape index (κ2) is 8.86. The lowest BCUT2D eigenvalue weighted by Gasteiger charge is -2.53. The van der Waals surface area contributed by atoms with E-state index in [0.29, 0.717) is 40.4 Å². The van der Waals surface area contributed by atoms with E-state index in [1.54, 1.807) is 10.9 Å². The Kier molecular flexibility index (Phi) is 5.93. The molecule has 35 heavy (non-hydrogen) atoms. The van der Waals surface area contributed by atoms with Crippen LogP contribution in [0, 0.1) is 5.41 Å². The Morgan fingerprint density at radius 2 is 1.74 bits per heavy atom. The molecule has 5 nitrogen and oxygen atoms in total. The van der Waals surface area contributed by atoms with Crippen LogP contribution in [-0.4, -0.2) is 20.5 Å². The van der Waals surface area contributed by atoms with Crippen LogP contribution in [0.2, 0.25) is 10.0 Å². The molecule has 0 aliphatic heterocycles. The Hall–Kier alpha value is -1.96. The Balaban J connectivity index is 1.18. The summed E-state index contributed by atoms with van der Waals surface area (Å²) in [4.78, 5) is 0. The van der Waals surface area contributed by atoms with E-state index in [9.17, 15) is 8.78 Å². The summed E-state index contributed by atoms with van der Waals surface area (Å²) in [5, 5.41) is 9.55. The van der Waals surface area contributed by atoms with Gasteiger partial charge in [0.25, 0.3) is 6.43 Å². The zero-order valence-electron chi connectivity index (χ0n) is 19.3. The second-order valence-corrected chi connectivity index (χ2v) is 11.3. The fraction of sp³-hybridized carbons (Fsp3) is 0.538. The van der Waals surface area contributed by atoms with E-state index in [-0.39, 0.29) is 16.7 Å². The van der Waals surface area contributed by atoms with Crippen molar-refractivity contribution in [3.63, 3.8) is 0 Å². The smallest absolute Gasteiger partial charge is 0.282 e. The SMILES string of the molecule is FC(F)c1ccn(CC23CCC(OCc4c(-c5c(Cl)cccc5Cl)noc4C4CC4)(CC2)CC3)n1. The molecule has 2 aromatic heterocycles. The first-order valence-electron chi connectivity index (χ1n) is 12.3. The van der Waals surface area contributed by atoms with Crippen molar-refractivity contribution in [1.29, 1.82) is 0 Å². The molecule has 2 heterocycles. The van der Waals surface area contributed by atoms with E-state index in [2.05, 4.69) is 10.3 Å². The van der Waals surface area contributed by atoms with Crippen molar-refractivity contribution < 1.29 is 18.0 Å². The molecule has 1 aromatic carbocycles. The highest BCUT2D eigenvalue weighted by Gasteiger charge is 2.50. The van der Waals surface area contributed by atoms with Gasteiger partial charge in [-0.3, -0.25) is 4.68 Å². The summed E-state index contributed by atoms with van der Waals surface area (Å²) in [5.41, 5.74) is 2.09. The average Bonchev–Trinajstić information content (AvgIpc) is 3.44. The Labute approximate surface area is 212 Å². The highest BCUT2D eigenvalue weighted by molar-refractivity contribution is 6.39. The summed E-state index contributed by atoms with van der Waals surface area (Å²) < 4.78 is 40.1. The number of fused-ring (bicyclic) bond motifs is 3. The number of alkyl halides is 2. The quantitative estimate of drug-likeness (QED) is 0.301. The fourth-order valence-corrected chi connectivity index (χ4v) is 6.46. The van der Waals surface area contributed by atoms with Gasteiger partial charge >= 0.3 is 0 Å². The summed E-state index contributed by atoms with van der Waals surface area (Å²) >= 11 is 13.0. The molecule has 0 N–H and O–H groups in total. The van der Waals surface area contributed by atoms with Gasteiger partial charge in [0.1, 0.15) is 17.1 Å². The number of benzene rings is 1. The maximum Gasteiger partial charge on any atom is 0.282 e. The molecular weight excluding hydrogens is 495 g/mol. The summed E-state index contributed by atoms with van der Waals surface area (Å²) in [5.74, 6) is 1.27. The second-order valence-electron chi connectivity index (χ2n) is 10.5. The number of rotatable bonds is 8. The third-order valence-electron chi connectivity index (χ3n) is 8.20. The molecule has 186 valence electrons. The first kappa shape index (κ1) is 23.4. The standard InChI is InChI=1S/C26H27Cl2F2N3O2/c27-18-2-1-3-19(28)21(18)22-17(23(35-32-22)16-4-5-16)14-34-26-10-7-25(8-11-26,9-12-26)15-33-13-6-20(31-33)24(29)30/h1-3,6,13,16,24H,4-5,7-12,14-15H2. The number of ether oxygens (including phenoxy) is 1. The van der Waals surface area contributed by atoms with Crippen LogP contribution in [0.5, 0.6) is 0 Å². The van der Waals surface area contributed by atoms with Crippen LogP contribution in [-0.2, 0) is 17.9 Å². The number of hydrogen-bond donors (Lipinski definition) is 0. The Morgan fingerprint density at radius 1 is 1.06 bits per heavy atom. The molecule has 0 radical (unpaired) electrons. The fourth-order valence-electron chi connectivity index (χ4n) is 5.88. The monoisotopic (exact) mass is 521 g/mol. The topological polar surface area (TPSA) is 53.1 Å². The van der Waals surface area contributed by atoms with Gasteiger partial charge in [-0.15, -0.1) is 0 Å². The van der Waals surface area contributed by atoms with Gasteiger partial charge in [-0.25, -0.2) is 8.78 Å². The zero-order chi connectivity index (χ0) is 24.2.